The highest BCUT2D eigenvalue weighted by Gasteiger charge is 2.10. The molecule has 0 saturated carbocycles. The molecule has 0 bridgehead atoms. The topological polar surface area (TPSA) is 59.3 Å². The SMILES string of the molecule is CC(C)(C)CNc1cc(=O)n2ccncc2n1. The van der Waals surface area contributed by atoms with E-state index in [2.05, 4.69) is 36.1 Å². The Morgan fingerprint density at radius 2 is 2.18 bits per heavy atom. The zero-order valence-electron chi connectivity index (χ0n) is 10.3. The van der Waals surface area contributed by atoms with Gasteiger partial charge in [-0.05, 0) is 5.41 Å². The van der Waals surface area contributed by atoms with Gasteiger partial charge in [-0.1, -0.05) is 20.8 Å². The largest absolute Gasteiger partial charge is 0.369 e. The third kappa shape index (κ3) is 2.81. The van der Waals surface area contributed by atoms with Crippen molar-refractivity contribution < 1.29 is 0 Å². The normalized spacial score (nSPS) is 11.7. The minimum absolute atomic E-state index is 0.103. The van der Waals surface area contributed by atoms with Crippen LogP contribution in [0.2, 0.25) is 0 Å². The lowest BCUT2D eigenvalue weighted by atomic mass is 9.97. The second kappa shape index (κ2) is 4.16. The standard InChI is InChI=1S/C12H16N4O/c1-12(2,3)8-14-9-6-11(17)16-5-4-13-7-10(16)15-9/h4-7,14H,8H2,1-3H3. The number of rotatable bonds is 2. The van der Waals surface area contributed by atoms with Gasteiger partial charge in [0.15, 0.2) is 5.65 Å². The Morgan fingerprint density at radius 3 is 2.88 bits per heavy atom. The van der Waals surface area contributed by atoms with E-state index in [1.807, 2.05) is 0 Å². The van der Waals surface area contributed by atoms with Crippen molar-refractivity contribution in [2.45, 2.75) is 20.8 Å². The molecule has 17 heavy (non-hydrogen) atoms. The molecule has 2 rings (SSSR count). The van der Waals surface area contributed by atoms with Crippen molar-refractivity contribution in [2.75, 3.05) is 11.9 Å². The fourth-order valence-corrected chi connectivity index (χ4v) is 1.41. The molecule has 0 aliphatic rings. The average molecular weight is 232 g/mol. The maximum absolute atomic E-state index is 11.8. The summed E-state index contributed by atoms with van der Waals surface area (Å²) in [6, 6.07) is 1.50. The number of hydrogen-bond acceptors (Lipinski definition) is 4. The predicted molar refractivity (Wildman–Crippen MR) is 67.2 cm³/mol. The summed E-state index contributed by atoms with van der Waals surface area (Å²) in [5, 5.41) is 3.17. The van der Waals surface area contributed by atoms with Crippen molar-refractivity contribution in [1.82, 2.24) is 14.4 Å². The van der Waals surface area contributed by atoms with Crippen LogP contribution in [0.3, 0.4) is 0 Å². The van der Waals surface area contributed by atoms with Crippen molar-refractivity contribution in [3.8, 4) is 0 Å². The molecule has 0 amide bonds. The fraction of sp³-hybridized carbons (Fsp3) is 0.417. The number of aromatic nitrogens is 3. The first-order valence-electron chi connectivity index (χ1n) is 5.53. The average Bonchev–Trinajstić information content (AvgIpc) is 2.26. The lowest BCUT2D eigenvalue weighted by Gasteiger charge is -2.19. The molecule has 0 aromatic carbocycles. The van der Waals surface area contributed by atoms with Gasteiger partial charge in [0.25, 0.3) is 5.56 Å². The minimum Gasteiger partial charge on any atom is -0.369 e. The third-order valence-electron chi connectivity index (χ3n) is 2.27. The summed E-state index contributed by atoms with van der Waals surface area (Å²) in [4.78, 5) is 20.1. The molecule has 0 saturated heterocycles. The lowest BCUT2D eigenvalue weighted by Crippen LogP contribution is -2.22. The number of nitrogens with zero attached hydrogens (tertiary/aromatic N) is 3. The Labute approximate surface area is 99.5 Å². The molecule has 0 fully saturated rings. The van der Waals surface area contributed by atoms with E-state index in [0.29, 0.717) is 11.5 Å². The van der Waals surface area contributed by atoms with Gasteiger partial charge in [0, 0.05) is 25.0 Å². The zero-order valence-corrected chi connectivity index (χ0v) is 10.3. The molecule has 2 heterocycles. The van der Waals surface area contributed by atoms with Crippen LogP contribution >= 0.6 is 0 Å². The zero-order chi connectivity index (χ0) is 12.5. The maximum Gasteiger partial charge on any atom is 0.260 e. The van der Waals surface area contributed by atoms with Crippen LogP contribution in [-0.4, -0.2) is 20.9 Å². The maximum atomic E-state index is 11.8. The Bertz CT molecular complexity index is 583. The van der Waals surface area contributed by atoms with Crippen LogP contribution in [0.5, 0.6) is 0 Å². The summed E-state index contributed by atoms with van der Waals surface area (Å²) in [6.45, 7) is 7.12. The van der Waals surface area contributed by atoms with Gasteiger partial charge in [0.2, 0.25) is 0 Å². The summed E-state index contributed by atoms with van der Waals surface area (Å²) in [7, 11) is 0. The molecule has 0 aliphatic heterocycles. The fourth-order valence-electron chi connectivity index (χ4n) is 1.41. The predicted octanol–water partition coefficient (Wildman–Crippen LogP) is 1.55. The second-order valence-corrected chi connectivity index (χ2v) is 5.20. The highest BCUT2D eigenvalue weighted by molar-refractivity contribution is 5.44. The van der Waals surface area contributed by atoms with E-state index in [1.54, 1.807) is 18.6 Å². The number of nitrogens with one attached hydrogen (secondary N) is 1. The van der Waals surface area contributed by atoms with Crippen LogP contribution in [0.25, 0.3) is 5.65 Å². The smallest absolute Gasteiger partial charge is 0.260 e. The van der Waals surface area contributed by atoms with E-state index in [4.69, 9.17) is 0 Å². The minimum atomic E-state index is -0.103. The van der Waals surface area contributed by atoms with E-state index in [-0.39, 0.29) is 11.0 Å². The van der Waals surface area contributed by atoms with Crippen molar-refractivity contribution in [2.24, 2.45) is 5.41 Å². The van der Waals surface area contributed by atoms with Crippen molar-refractivity contribution in [3.63, 3.8) is 0 Å². The summed E-state index contributed by atoms with van der Waals surface area (Å²) < 4.78 is 1.47. The van der Waals surface area contributed by atoms with Crippen LogP contribution in [0.1, 0.15) is 20.8 Å². The number of hydrogen-bond donors (Lipinski definition) is 1. The molecular formula is C12H16N4O. The molecule has 2 aromatic heterocycles. The highest BCUT2D eigenvalue weighted by Crippen LogP contribution is 2.13. The van der Waals surface area contributed by atoms with Crippen molar-refractivity contribution in [1.29, 1.82) is 0 Å². The molecule has 5 heteroatoms. The molecule has 5 nitrogen and oxygen atoms in total. The molecule has 0 unspecified atom stereocenters. The molecule has 2 aromatic rings. The Balaban J connectivity index is 2.34. The van der Waals surface area contributed by atoms with Crippen LogP contribution in [0.15, 0.2) is 29.5 Å². The first kappa shape index (κ1) is 11.6. The van der Waals surface area contributed by atoms with Crippen LogP contribution in [-0.2, 0) is 0 Å². The van der Waals surface area contributed by atoms with Crippen molar-refractivity contribution in [3.05, 3.63) is 35.0 Å². The van der Waals surface area contributed by atoms with Crippen molar-refractivity contribution >= 4 is 11.5 Å². The first-order valence-corrected chi connectivity index (χ1v) is 5.53. The molecule has 0 atom stereocenters. The first-order chi connectivity index (χ1) is 7.96. The Kier molecular flexibility index (Phi) is 2.83. The monoisotopic (exact) mass is 232 g/mol. The van der Waals surface area contributed by atoms with Gasteiger partial charge in [-0.3, -0.25) is 14.2 Å². The molecular weight excluding hydrogens is 216 g/mol. The second-order valence-electron chi connectivity index (χ2n) is 5.20. The van der Waals surface area contributed by atoms with Crippen LogP contribution in [0.4, 0.5) is 5.82 Å². The number of anilines is 1. The third-order valence-corrected chi connectivity index (χ3v) is 2.27. The Hall–Kier alpha value is -1.91. The summed E-state index contributed by atoms with van der Waals surface area (Å²) in [5.41, 5.74) is 0.590. The van der Waals surface area contributed by atoms with Gasteiger partial charge < -0.3 is 5.32 Å². The number of fused-ring (bicyclic) bond motifs is 1. The lowest BCUT2D eigenvalue weighted by molar-refractivity contribution is 0.442. The Morgan fingerprint density at radius 1 is 1.41 bits per heavy atom. The molecule has 1 N–H and O–H groups in total. The van der Waals surface area contributed by atoms with E-state index in [9.17, 15) is 4.79 Å². The molecule has 0 aliphatic carbocycles. The highest BCUT2D eigenvalue weighted by atomic mass is 16.1. The van der Waals surface area contributed by atoms with Crippen LogP contribution < -0.4 is 10.9 Å². The van der Waals surface area contributed by atoms with E-state index >= 15 is 0 Å². The van der Waals surface area contributed by atoms with Gasteiger partial charge in [-0.15, -0.1) is 0 Å². The summed E-state index contributed by atoms with van der Waals surface area (Å²) in [5.74, 6) is 0.595. The van der Waals surface area contributed by atoms with E-state index in [1.165, 1.54) is 10.5 Å². The van der Waals surface area contributed by atoms with Gasteiger partial charge in [0.05, 0.1) is 6.20 Å². The van der Waals surface area contributed by atoms with E-state index in [0.717, 1.165) is 6.54 Å². The van der Waals surface area contributed by atoms with E-state index < -0.39 is 0 Å². The summed E-state index contributed by atoms with van der Waals surface area (Å²) in [6.07, 6.45) is 4.75. The van der Waals surface area contributed by atoms with Gasteiger partial charge in [-0.25, -0.2) is 4.98 Å². The molecule has 90 valence electrons. The molecule has 0 spiro atoms. The van der Waals surface area contributed by atoms with Gasteiger partial charge in [-0.2, -0.15) is 0 Å². The van der Waals surface area contributed by atoms with Gasteiger partial charge in [0.1, 0.15) is 5.82 Å². The quantitative estimate of drug-likeness (QED) is 0.853. The van der Waals surface area contributed by atoms with Gasteiger partial charge >= 0.3 is 0 Å². The summed E-state index contributed by atoms with van der Waals surface area (Å²) >= 11 is 0. The molecule has 0 radical (unpaired) electrons. The van der Waals surface area contributed by atoms with Crippen LogP contribution in [0, 0.1) is 5.41 Å².